The Morgan fingerprint density at radius 2 is 2.00 bits per heavy atom. The fourth-order valence-electron chi connectivity index (χ4n) is 2.76. The first-order chi connectivity index (χ1) is 10.7. The van der Waals surface area contributed by atoms with Crippen molar-refractivity contribution in [2.24, 2.45) is 16.8 Å². The number of nitrogens with zero attached hydrogens (tertiary/aromatic N) is 3. The van der Waals surface area contributed by atoms with Crippen molar-refractivity contribution in [3.05, 3.63) is 11.5 Å². The molecule has 0 amide bonds. The number of nitrogens with one attached hydrogen (secondary N) is 1. The monoisotopic (exact) mass is 322 g/mol. The first kappa shape index (κ1) is 15.5. The normalized spacial score (nSPS) is 18.6. The Labute approximate surface area is 136 Å². The summed E-state index contributed by atoms with van der Waals surface area (Å²) >= 11 is 6.25. The minimum absolute atomic E-state index is 0.369. The molecule has 0 unspecified atom stereocenters. The van der Waals surface area contributed by atoms with Gasteiger partial charge in [-0.15, -0.1) is 0 Å². The second kappa shape index (κ2) is 6.82. The quantitative estimate of drug-likeness (QED) is 0.464. The fourth-order valence-corrected chi connectivity index (χ4v) is 2.93. The number of hydrogen-bond acceptors (Lipinski definition) is 5. The standard InChI is InChI=1S/C16H23ClN4O/c1-3-12(22-4-2)20-14-15(17)18-9-19-16(14)21-13(10-5-6-10)11-7-8-11/h9-11,13H,3-8H2,1-2H3,(H,18,19,21)/b20-12-. The smallest absolute Gasteiger partial charge is 0.188 e. The summed E-state index contributed by atoms with van der Waals surface area (Å²) in [7, 11) is 0. The molecule has 2 fully saturated rings. The maximum Gasteiger partial charge on any atom is 0.188 e. The number of anilines is 1. The van der Waals surface area contributed by atoms with Gasteiger partial charge in [0.2, 0.25) is 0 Å². The van der Waals surface area contributed by atoms with Crippen molar-refractivity contribution >= 4 is 29.0 Å². The Morgan fingerprint density at radius 1 is 1.32 bits per heavy atom. The van der Waals surface area contributed by atoms with Gasteiger partial charge in [-0.3, -0.25) is 0 Å². The van der Waals surface area contributed by atoms with Gasteiger partial charge in [-0.1, -0.05) is 18.5 Å². The summed E-state index contributed by atoms with van der Waals surface area (Å²) in [5.41, 5.74) is 0.598. The molecule has 2 aliphatic rings. The van der Waals surface area contributed by atoms with E-state index in [-0.39, 0.29) is 0 Å². The number of ether oxygens (including phenoxy) is 1. The number of aromatic nitrogens is 2. The number of hydrogen-bond donors (Lipinski definition) is 1. The van der Waals surface area contributed by atoms with E-state index in [1.54, 1.807) is 0 Å². The van der Waals surface area contributed by atoms with Gasteiger partial charge in [-0.05, 0) is 44.4 Å². The van der Waals surface area contributed by atoms with Crippen molar-refractivity contribution in [3.8, 4) is 0 Å². The molecule has 1 aromatic rings. The Balaban J connectivity index is 1.85. The van der Waals surface area contributed by atoms with Crippen LogP contribution in [0.1, 0.15) is 46.0 Å². The third-order valence-electron chi connectivity index (χ3n) is 4.19. The lowest BCUT2D eigenvalue weighted by Gasteiger charge is -2.19. The van der Waals surface area contributed by atoms with Crippen LogP contribution in [-0.4, -0.2) is 28.5 Å². The van der Waals surface area contributed by atoms with Crippen LogP contribution in [0.15, 0.2) is 11.3 Å². The van der Waals surface area contributed by atoms with Crippen LogP contribution in [0.25, 0.3) is 0 Å². The van der Waals surface area contributed by atoms with E-state index in [1.165, 1.54) is 32.0 Å². The van der Waals surface area contributed by atoms with Gasteiger partial charge in [0, 0.05) is 12.5 Å². The van der Waals surface area contributed by atoms with Gasteiger partial charge >= 0.3 is 0 Å². The number of aliphatic imine (C=N–C) groups is 1. The summed E-state index contributed by atoms with van der Waals surface area (Å²) in [5, 5.41) is 3.95. The van der Waals surface area contributed by atoms with E-state index in [0.29, 0.717) is 35.8 Å². The Morgan fingerprint density at radius 3 is 2.55 bits per heavy atom. The summed E-state index contributed by atoms with van der Waals surface area (Å²) in [6, 6.07) is 0.497. The lowest BCUT2D eigenvalue weighted by Crippen LogP contribution is -2.25. The first-order valence-corrected chi connectivity index (χ1v) is 8.58. The summed E-state index contributed by atoms with van der Waals surface area (Å²) in [5.74, 6) is 2.94. The second-order valence-corrected chi connectivity index (χ2v) is 6.36. The van der Waals surface area contributed by atoms with Crippen molar-refractivity contribution in [1.82, 2.24) is 9.97 Å². The lowest BCUT2D eigenvalue weighted by atomic mass is 10.1. The molecule has 0 atom stereocenters. The molecule has 5 nitrogen and oxygen atoms in total. The predicted octanol–water partition coefficient (Wildman–Crippen LogP) is 4.21. The van der Waals surface area contributed by atoms with E-state index in [1.807, 2.05) is 13.8 Å². The minimum atomic E-state index is 0.369. The number of halogens is 1. The molecular formula is C16H23ClN4O. The molecule has 120 valence electrons. The van der Waals surface area contributed by atoms with Crippen molar-refractivity contribution in [2.45, 2.75) is 52.0 Å². The van der Waals surface area contributed by atoms with Gasteiger partial charge in [0.05, 0.1) is 6.61 Å². The van der Waals surface area contributed by atoms with E-state index in [9.17, 15) is 0 Å². The van der Waals surface area contributed by atoms with Crippen LogP contribution < -0.4 is 5.32 Å². The van der Waals surface area contributed by atoms with Crippen molar-refractivity contribution < 1.29 is 4.74 Å². The molecule has 0 bridgehead atoms. The molecule has 0 radical (unpaired) electrons. The van der Waals surface area contributed by atoms with Gasteiger partial charge in [0.25, 0.3) is 0 Å². The SMILES string of the molecule is CCO/C(CC)=N\c1c(Cl)ncnc1NC(C1CC1)C1CC1. The lowest BCUT2D eigenvalue weighted by molar-refractivity contribution is 0.319. The van der Waals surface area contributed by atoms with Crippen molar-refractivity contribution in [2.75, 3.05) is 11.9 Å². The highest BCUT2D eigenvalue weighted by Crippen LogP contribution is 2.46. The van der Waals surface area contributed by atoms with Gasteiger partial charge in [-0.25, -0.2) is 15.0 Å². The highest BCUT2D eigenvalue weighted by atomic mass is 35.5. The Hall–Kier alpha value is -1.36. The molecule has 2 aliphatic carbocycles. The van der Waals surface area contributed by atoms with Gasteiger partial charge in [0.1, 0.15) is 12.0 Å². The third kappa shape index (κ3) is 3.69. The van der Waals surface area contributed by atoms with Crippen LogP contribution in [0.3, 0.4) is 0 Å². The summed E-state index contributed by atoms with van der Waals surface area (Å²) in [6.45, 7) is 4.55. The summed E-state index contributed by atoms with van der Waals surface area (Å²) < 4.78 is 5.54. The van der Waals surface area contributed by atoms with Crippen molar-refractivity contribution in [3.63, 3.8) is 0 Å². The highest BCUT2D eigenvalue weighted by Gasteiger charge is 2.42. The van der Waals surface area contributed by atoms with Crippen LogP contribution in [0.4, 0.5) is 11.5 Å². The molecule has 1 aromatic heterocycles. The van der Waals surface area contributed by atoms with Gasteiger partial charge in [-0.2, -0.15) is 0 Å². The van der Waals surface area contributed by atoms with Crippen LogP contribution in [-0.2, 0) is 4.74 Å². The molecule has 0 saturated heterocycles. The zero-order valence-electron chi connectivity index (χ0n) is 13.2. The topological polar surface area (TPSA) is 59.4 Å². The first-order valence-electron chi connectivity index (χ1n) is 8.20. The molecule has 3 rings (SSSR count). The predicted molar refractivity (Wildman–Crippen MR) is 88.9 cm³/mol. The molecule has 1 heterocycles. The van der Waals surface area contributed by atoms with Crippen LogP contribution in [0, 0.1) is 11.8 Å². The van der Waals surface area contributed by atoms with E-state index >= 15 is 0 Å². The zero-order chi connectivity index (χ0) is 15.5. The van der Waals surface area contributed by atoms with Crippen molar-refractivity contribution in [1.29, 1.82) is 0 Å². The van der Waals surface area contributed by atoms with Crippen LogP contribution in [0.2, 0.25) is 5.15 Å². The molecular weight excluding hydrogens is 300 g/mol. The summed E-state index contributed by atoms with van der Waals surface area (Å²) in [6.07, 6.45) is 7.45. The molecule has 22 heavy (non-hydrogen) atoms. The fraction of sp³-hybridized carbons (Fsp3) is 0.688. The molecule has 0 aliphatic heterocycles. The molecule has 0 aromatic carbocycles. The van der Waals surface area contributed by atoms with Gasteiger partial charge in [0.15, 0.2) is 16.9 Å². The average molecular weight is 323 g/mol. The largest absolute Gasteiger partial charge is 0.481 e. The van der Waals surface area contributed by atoms with E-state index in [0.717, 1.165) is 17.7 Å². The third-order valence-corrected chi connectivity index (χ3v) is 4.47. The Bertz CT molecular complexity index is 543. The molecule has 6 heteroatoms. The van der Waals surface area contributed by atoms with E-state index in [4.69, 9.17) is 16.3 Å². The maximum atomic E-state index is 6.25. The van der Waals surface area contributed by atoms with Crippen LogP contribution >= 0.6 is 11.6 Å². The van der Waals surface area contributed by atoms with Crippen LogP contribution in [0.5, 0.6) is 0 Å². The molecule has 2 saturated carbocycles. The molecule has 1 N–H and O–H groups in total. The average Bonchev–Trinajstić information content (AvgIpc) is 3.39. The van der Waals surface area contributed by atoms with E-state index < -0.39 is 0 Å². The van der Waals surface area contributed by atoms with E-state index in [2.05, 4.69) is 20.3 Å². The van der Waals surface area contributed by atoms with Gasteiger partial charge < -0.3 is 10.1 Å². The maximum absolute atomic E-state index is 6.25. The Kier molecular flexibility index (Phi) is 4.81. The summed E-state index contributed by atoms with van der Waals surface area (Å²) in [4.78, 5) is 13.0. The zero-order valence-corrected chi connectivity index (χ0v) is 13.9. The molecule has 0 spiro atoms. The second-order valence-electron chi connectivity index (χ2n) is 6.00. The minimum Gasteiger partial charge on any atom is -0.481 e. The highest BCUT2D eigenvalue weighted by molar-refractivity contribution is 6.32. The number of rotatable bonds is 7.